The van der Waals surface area contributed by atoms with Crippen molar-refractivity contribution < 1.29 is 4.74 Å². The van der Waals surface area contributed by atoms with Gasteiger partial charge in [0.15, 0.2) is 4.83 Å². The van der Waals surface area contributed by atoms with Gasteiger partial charge in [-0.15, -0.1) is 0 Å². The molecule has 0 N–H and O–H groups in total. The van der Waals surface area contributed by atoms with Gasteiger partial charge in [0, 0.05) is 12.3 Å². The summed E-state index contributed by atoms with van der Waals surface area (Å²) < 4.78 is 10.7. The highest BCUT2D eigenvalue weighted by atomic mass is 32.1. The summed E-state index contributed by atoms with van der Waals surface area (Å²) in [6.45, 7) is 2.25. The molecular formula is C13H12N4O2S. The van der Waals surface area contributed by atoms with Gasteiger partial charge in [-0.2, -0.15) is 4.37 Å². The van der Waals surface area contributed by atoms with Crippen molar-refractivity contribution in [1.82, 2.24) is 18.9 Å². The van der Waals surface area contributed by atoms with Gasteiger partial charge in [0.1, 0.15) is 0 Å². The average molecular weight is 288 g/mol. The van der Waals surface area contributed by atoms with Gasteiger partial charge in [-0.05, 0) is 24.0 Å². The number of methoxy groups -OCH3 is 1. The lowest BCUT2D eigenvalue weighted by Crippen LogP contribution is -2.21. The summed E-state index contributed by atoms with van der Waals surface area (Å²) in [6, 6.07) is 3.64. The van der Waals surface area contributed by atoms with Crippen LogP contribution in [0.3, 0.4) is 0 Å². The van der Waals surface area contributed by atoms with Crippen molar-refractivity contribution in [1.29, 1.82) is 0 Å². The summed E-state index contributed by atoms with van der Waals surface area (Å²) in [5, 5.41) is 0.596. The minimum Gasteiger partial charge on any atom is -0.481 e. The van der Waals surface area contributed by atoms with E-state index in [-0.39, 0.29) is 5.56 Å². The molecule has 0 radical (unpaired) electrons. The number of ether oxygens (including phenoxy) is 1. The third-order valence-corrected chi connectivity index (χ3v) is 3.84. The third-order valence-electron chi connectivity index (χ3n) is 2.99. The third kappa shape index (κ3) is 2.16. The van der Waals surface area contributed by atoms with E-state index in [0.29, 0.717) is 22.6 Å². The lowest BCUT2D eigenvalue weighted by Gasteiger charge is -2.05. The number of aryl methyl sites for hydroxylation is 1. The molecular weight excluding hydrogens is 276 g/mol. The summed E-state index contributed by atoms with van der Waals surface area (Å²) in [5.41, 5.74) is 1.57. The molecule has 0 amide bonds. The van der Waals surface area contributed by atoms with Gasteiger partial charge >= 0.3 is 0 Å². The van der Waals surface area contributed by atoms with E-state index in [9.17, 15) is 4.79 Å². The smallest absolute Gasteiger partial charge is 0.264 e. The Bertz CT molecular complexity index is 807. The average Bonchev–Trinajstić information content (AvgIpc) is 2.85. The van der Waals surface area contributed by atoms with Crippen molar-refractivity contribution in [3.8, 4) is 5.88 Å². The van der Waals surface area contributed by atoms with Crippen molar-refractivity contribution in [3.63, 3.8) is 0 Å². The highest BCUT2D eigenvalue weighted by Crippen LogP contribution is 2.15. The molecule has 7 heteroatoms. The van der Waals surface area contributed by atoms with Gasteiger partial charge in [0.2, 0.25) is 5.88 Å². The molecule has 0 atom stereocenters. The van der Waals surface area contributed by atoms with Crippen LogP contribution in [0.2, 0.25) is 0 Å². The van der Waals surface area contributed by atoms with E-state index in [1.807, 2.05) is 13.0 Å². The molecule has 0 saturated heterocycles. The zero-order valence-corrected chi connectivity index (χ0v) is 11.8. The first-order valence-corrected chi connectivity index (χ1v) is 6.76. The molecule has 3 heterocycles. The Balaban J connectivity index is 1.99. The number of hydrogen-bond donors (Lipinski definition) is 0. The van der Waals surface area contributed by atoms with Crippen LogP contribution in [0.5, 0.6) is 5.88 Å². The van der Waals surface area contributed by atoms with Gasteiger partial charge in [0.05, 0.1) is 31.1 Å². The Kier molecular flexibility index (Phi) is 3.19. The topological polar surface area (TPSA) is 69.9 Å². The number of rotatable bonds is 3. The summed E-state index contributed by atoms with van der Waals surface area (Å²) in [7, 11) is 1.57. The van der Waals surface area contributed by atoms with Crippen LogP contribution in [0.1, 0.15) is 11.3 Å². The molecule has 3 aromatic heterocycles. The number of pyridine rings is 1. The first-order chi connectivity index (χ1) is 9.69. The predicted octanol–water partition coefficient (Wildman–Crippen LogP) is 1.61. The molecule has 0 saturated carbocycles. The van der Waals surface area contributed by atoms with Crippen molar-refractivity contribution in [3.05, 3.63) is 46.3 Å². The lowest BCUT2D eigenvalue weighted by atomic mass is 10.2. The molecule has 0 spiro atoms. The molecule has 0 bridgehead atoms. The second-order valence-electron chi connectivity index (χ2n) is 4.33. The van der Waals surface area contributed by atoms with E-state index in [1.165, 1.54) is 11.5 Å². The highest BCUT2D eigenvalue weighted by molar-refractivity contribution is 7.12. The molecule has 0 fully saturated rings. The molecule has 3 rings (SSSR count). The summed E-state index contributed by atoms with van der Waals surface area (Å²) in [4.78, 5) is 21.5. The maximum Gasteiger partial charge on any atom is 0.264 e. The second kappa shape index (κ2) is 5.01. The van der Waals surface area contributed by atoms with E-state index in [1.54, 1.807) is 30.3 Å². The minimum absolute atomic E-state index is 0.0722. The Morgan fingerprint density at radius 2 is 2.20 bits per heavy atom. The fourth-order valence-corrected chi connectivity index (χ4v) is 2.68. The zero-order valence-electron chi connectivity index (χ0n) is 11.0. The number of aromatic nitrogens is 4. The summed E-state index contributed by atoms with van der Waals surface area (Å²) in [6.07, 6.45) is 3.24. The molecule has 6 nitrogen and oxygen atoms in total. The molecule has 0 aromatic carbocycles. The molecule has 20 heavy (non-hydrogen) atoms. The predicted molar refractivity (Wildman–Crippen MR) is 76.3 cm³/mol. The van der Waals surface area contributed by atoms with Gasteiger partial charge in [-0.1, -0.05) is 6.07 Å². The molecule has 0 unspecified atom stereocenters. The van der Waals surface area contributed by atoms with Gasteiger partial charge in [-0.25, -0.2) is 9.97 Å². The number of nitrogens with zero attached hydrogens (tertiary/aromatic N) is 4. The van der Waals surface area contributed by atoms with E-state index in [2.05, 4.69) is 14.3 Å². The quantitative estimate of drug-likeness (QED) is 0.732. The van der Waals surface area contributed by atoms with E-state index >= 15 is 0 Å². The van der Waals surface area contributed by atoms with Gasteiger partial charge in [0.25, 0.3) is 5.56 Å². The van der Waals surface area contributed by atoms with Crippen LogP contribution in [-0.2, 0) is 6.54 Å². The fraction of sp³-hybridized carbons (Fsp3) is 0.231. The van der Waals surface area contributed by atoms with E-state index in [0.717, 1.165) is 11.3 Å². The van der Waals surface area contributed by atoms with Crippen LogP contribution in [0.15, 0.2) is 29.5 Å². The molecule has 0 aliphatic rings. The zero-order chi connectivity index (χ0) is 14.1. The van der Waals surface area contributed by atoms with Crippen molar-refractivity contribution in [2.45, 2.75) is 13.5 Å². The summed E-state index contributed by atoms with van der Waals surface area (Å²) >= 11 is 1.24. The first-order valence-electron chi connectivity index (χ1n) is 5.99. The largest absolute Gasteiger partial charge is 0.481 e. The van der Waals surface area contributed by atoms with Crippen LogP contribution >= 0.6 is 11.5 Å². The normalized spacial score (nSPS) is 10.9. The molecule has 0 aliphatic heterocycles. The van der Waals surface area contributed by atoms with E-state index < -0.39 is 0 Å². The second-order valence-corrected chi connectivity index (χ2v) is 5.09. The maximum atomic E-state index is 12.4. The van der Waals surface area contributed by atoms with Crippen LogP contribution in [-0.4, -0.2) is 26.0 Å². The molecule has 3 aromatic rings. The Morgan fingerprint density at radius 1 is 1.35 bits per heavy atom. The monoisotopic (exact) mass is 288 g/mol. The number of fused-ring (bicyclic) bond motifs is 1. The van der Waals surface area contributed by atoms with Gasteiger partial charge in [-0.3, -0.25) is 9.36 Å². The minimum atomic E-state index is -0.0722. The molecule has 0 aliphatic carbocycles. The Morgan fingerprint density at radius 3 is 2.90 bits per heavy atom. The first kappa shape index (κ1) is 12.7. The van der Waals surface area contributed by atoms with E-state index in [4.69, 9.17) is 4.74 Å². The van der Waals surface area contributed by atoms with Crippen LogP contribution < -0.4 is 10.3 Å². The highest BCUT2D eigenvalue weighted by Gasteiger charge is 2.10. The fourth-order valence-electron chi connectivity index (χ4n) is 1.94. The van der Waals surface area contributed by atoms with Crippen molar-refractivity contribution in [2.75, 3.05) is 7.11 Å². The standard InChI is InChI=1S/C13H12N4O2S/c1-8-11-12(20-16-8)15-7-17(13(11)18)6-9-3-4-10(19-2)14-5-9/h3-5,7H,6H2,1-2H3. The summed E-state index contributed by atoms with van der Waals surface area (Å²) in [5.74, 6) is 0.549. The number of hydrogen-bond acceptors (Lipinski definition) is 6. The van der Waals surface area contributed by atoms with Gasteiger partial charge < -0.3 is 4.74 Å². The van der Waals surface area contributed by atoms with Crippen molar-refractivity contribution >= 4 is 21.7 Å². The lowest BCUT2D eigenvalue weighted by molar-refractivity contribution is 0.397. The van der Waals surface area contributed by atoms with Crippen molar-refractivity contribution in [2.24, 2.45) is 0 Å². The maximum absolute atomic E-state index is 12.4. The Hall–Kier alpha value is -2.28. The van der Waals surface area contributed by atoms with Crippen LogP contribution in [0, 0.1) is 6.92 Å². The Labute approximate surface area is 118 Å². The molecule has 102 valence electrons. The van der Waals surface area contributed by atoms with Crippen LogP contribution in [0.4, 0.5) is 0 Å². The van der Waals surface area contributed by atoms with Crippen LogP contribution in [0.25, 0.3) is 10.2 Å². The SMILES string of the molecule is COc1ccc(Cn2cnc3snc(C)c3c2=O)cn1.